The minimum absolute atomic E-state index is 0.000193. The number of hydrogen-bond donors (Lipinski definition) is 1. The molecule has 1 aromatic heterocycles. The molecule has 1 aromatic carbocycles. The van der Waals surface area contributed by atoms with Crippen LogP contribution in [0.4, 0.5) is 5.13 Å². The Hall–Kier alpha value is -2.68. The zero-order chi connectivity index (χ0) is 21.8. The van der Waals surface area contributed by atoms with Crippen molar-refractivity contribution in [3.8, 4) is 11.5 Å². The lowest BCUT2D eigenvalue weighted by molar-refractivity contribution is -0.131. The van der Waals surface area contributed by atoms with Gasteiger partial charge < -0.3 is 14.4 Å². The Morgan fingerprint density at radius 1 is 1.30 bits per heavy atom. The second kappa shape index (κ2) is 9.42. The van der Waals surface area contributed by atoms with Gasteiger partial charge in [-0.3, -0.25) is 14.9 Å². The number of amides is 2. The topological polar surface area (TPSA) is 93.7 Å². The molecule has 1 atom stereocenters. The summed E-state index contributed by atoms with van der Waals surface area (Å²) in [5.74, 6) is 1.90. The van der Waals surface area contributed by atoms with Crippen molar-refractivity contribution in [2.24, 2.45) is 0 Å². The van der Waals surface area contributed by atoms with Gasteiger partial charge in [0, 0.05) is 36.3 Å². The summed E-state index contributed by atoms with van der Waals surface area (Å²) in [6, 6.07) is 5.73. The van der Waals surface area contributed by atoms with E-state index in [0.717, 1.165) is 17.1 Å². The quantitative estimate of drug-likeness (QED) is 0.687. The number of nitrogens with one attached hydrogen (secondary N) is 1. The van der Waals surface area contributed by atoms with Crippen LogP contribution in [0.2, 0.25) is 0 Å². The average molecular weight is 433 g/mol. The first-order valence-electron chi connectivity index (χ1n) is 10.0. The van der Waals surface area contributed by atoms with Crippen molar-refractivity contribution >= 4 is 28.5 Å². The van der Waals surface area contributed by atoms with Crippen molar-refractivity contribution in [2.45, 2.75) is 52.1 Å². The molecule has 0 aliphatic carbocycles. The zero-order valence-electron chi connectivity index (χ0n) is 18.0. The van der Waals surface area contributed by atoms with Gasteiger partial charge in [0.2, 0.25) is 16.9 Å². The van der Waals surface area contributed by atoms with Crippen molar-refractivity contribution in [3.05, 3.63) is 29.6 Å². The molecule has 3 rings (SSSR count). The number of benzene rings is 1. The van der Waals surface area contributed by atoms with Crippen LogP contribution in [0.1, 0.15) is 57.3 Å². The molecule has 1 N–H and O–H groups in total. The van der Waals surface area contributed by atoms with Crippen LogP contribution in [0.15, 0.2) is 18.2 Å². The second-order valence-corrected chi connectivity index (χ2v) is 8.66. The van der Waals surface area contributed by atoms with Gasteiger partial charge in [0.1, 0.15) is 5.82 Å². The molecule has 30 heavy (non-hydrogen) atoms. The lowest BCUT2D eigenvalue weighted by atomic mass is 9.98. The number of ether oxygens (including phenoxy) is 2. The molecule has 2 heterocycles. The van der Waals surface area contributed by atoms with Gasteiger partial charge in [0.15, 0.2) is 11.5 Å². The maximum Gasteiger partial charge on any atom is 0.245 e. The van der Waals surface area contributed by atoms with Crippen molar-refractivity contribution in [2.75, 3.05) is 25.5 Å². The van der Waals surface area contributed by atoms with E-state index < -0.39 is 0 Å². The third-order valence-electron chi connectivity index (χ3n) is 4.78. The molecular weight excluding hydrogens is 404 g/mol. The first-order chi connectivity index (χ1) is 14.3. The largest absolute Gasteiger partial charge is 0.493 e. The van der Waals surface area contributed by atoms with Gasteiger partial charge in [-0.25, -0.2) is 4.98 Å². The minimum Gasteiger partial charge on any atom is -0.493 e. The number of aromatic nitrogens is 2. The number of anilines is 1. The van der Waals surface area contributed by atoms with E-state index in [-0.39, 0.29) is 36.3 Å². The van der Waals surface area contributed by atoms with Gasteiger partial charge in [0.25, 0.3) is 0 Å². The number of likely N-dealkylation sites (tertiary alicyclic amines) is 1. The molecule has 1 fully saturated rings. The molecule has 0 spiro atoms. The van der Waals surface area contributed by atoms with E-state index in [1.54, 1.807) is 12.0 Å². The Bertz CT molecular complexity index is 912. The summed E-state index contributed by atoms with van der Waals surface area (Å²) >= 11 is 1.15. The number of nitrogens with zero attached hydrogens (tertiary/aromatic N) is 3. The summed E-state index contributed by atoms with van der Waals surface area (Å²) in [6.07, 6.45) is 0.368. The van der Waals surface area contributed by atoms with Crippen LogP contribution in [0.3, 0.4) is 0 Å². The predicted molar refractivity (Wildman–Crippen MR) is 115 cm³/mol. The molecule has 1 unspecified atom stereocenters. The first kappa shape index (κ1) is 22.0. The molecule has 8 nitrogen and oxygen atoms in total. The molecule has 9 heteroatoms. The lowest BCUT2D eigenvalue weighted by Gasteiger charge is -2.18. The third-order valence-corrected chi connectivity index (χ3v) is 5.42. The van der Waals surface area contributed by atoms with Gasteiger partial charge in [0.05, 0.1) is 19.8 Å². The van der Waals surface area contributed by atoms with Crippen LogP contribution in [-0.4, -0.2) is 52.4 Å². The van der Waals surface area contributed by atoms with Gasteiger partial charge in [-0.05, 0) is 31.5 Å². The van der Waals surface area contributed by atoms with E-state index in [4.69, 9.17) is 9.47 Å². The van der Waals surface area contributed by atoms with Gasteiger partial charge in [-0.15, -0.1) is 0 Å². The van der Waals surface area contributed by atoms with Crippen LogP contribution in [0.25, 0.3) is 0 Å². The van der Waals surface area contributed by atoms with Crippen LogP contribution in [-0.2, 0) is 9.59 Å². The SMILES string of the molecule is COc1ccc(C2CC(=O)N(CC(=O)Nc3nc(C(C)C)ns3)C2)cc1OC(C)C. The summed E-state index contributed by atoms with van der Waals surface area (Å²) in [6.45, 7) is 8.37. The number of methoxy groups -OCH3 is 1. The molecule has 2 amide bonds. The van der Waals surface area contributed by atoms with Crippen LogP contribution >= 0.6 is 11.5 Å². The zero-order valence-corrected chi connectivity index (χ0v) is 18.8. The van der Waals surface area contributed by atoms with E-state index in [1.165, 1.54) is 0 Å². The summed E-state index contributed by atoms with van der Waals surface area (Å²) in [5, 5.41) is 3.20. The molecule has 1 saturated heterocycles. The first-order valence-corrected chi connectivity index (χ1v) is 10.8. The number of carbonyl (C=O) groups is 2. The van der Waals surface area contributed by atoms with E-state index in [0.29, 0.717) is 35.4 Å². The molecular formula is C21H28N4O4S. The van der Waals surface area contributed by atoms with Crippen molar-refractivity contribution in [3.63, 3.8) is 0 Å². The fourth-order valence-corrected chi connectivity index (χ4v) is 4.02. The molecule has 162 valence electrons. The monoisotopic (exact) mass is 432 g/mol. The maximum absolute atomic E-state index is 12.5. The highest BCUT2D eigenvalue weighted by atomic mass is 32.1. The van der Waals surface area contributed by atoms with Gasteiger partial charge >= 0.3 is 0 Å². The molecule has 1 aliphatic rings. The van der Waals surface area contributed by atoms with E-state index in [2.05, 4.69) is 14.7 Å². The smallest absolute Gasteiger partial charge is 0.245 e. The highest BCUT2D eigenvalue weighted by Gasteiger charge is 2.32. The lowest BCUT2D eigenvalue weighted by Crippen LogP contribution is -2.34. The number of rotatable bonds is 8. The Morgan fingerprint density at radius 3 is 2.70 bits per heavy atom. The molecule has 2 aromatic rings. The molecule has 0 bridgehead atoms. The number of hydrogen-bond acceptors (Lipinski definition) is 7. The minimum atomic E-state index is -0.269. The summed E-state index contributed by atoms with van der Waals surface area (Å²) in [7, 11) is 1.60. The Balaban J connectivity index is 1.63. The fourth-order valence-electron chi connectivity index (χ4n) is 3.29. The standard InChI is InChI=1S/C21H28N4O4S/c1-12(2)20-23-21(30-24-20)22-18(26)11-25-10-15(9-19(25)27)14-6-7-16(28-5)17(8-14)29-13(3)4/h6-8,12-13,15H,9-11H2,1-5H3,(H,22,23,24,26). The van der Waals surface area contributed by atoms with Crippen molar-refractivity contribution in [1.82, 2.24) is 14.3 Å². The Kier molecular flexibility index (Phi) is 6.91. The van der Waals surface area contributed by atoms with E-state index >= 15 is 0 Å². The molecule has 1 aliphatic heterocycles. The molecule has 0 radical (unpaired) electrons. The van der Waals surface area contributed by atoms with Crippen molar-refractivity contribution < 1.29 is 19.1 Å². The average Bonchev–Trinajstić information content (AvgIpc) is 3.28. The summed E-state index contributed by atoms with van der Waals surface area (Å²) in [4.78, 5) is 30.8. The van der Waals surface area contributed by atoms with Crippen molar-refractivity contribution in [1.29, 1.82) is 0 Å². The normalized spacial score (nSPS) is 16.4. The summed E-state index contributed by atoms with van der Waals surface area (Å²) < 4.78 is 15.4. The van der Waals surface area contributed by atoms with Crippen LogP contribution in [0, 0.1) is 0 Å². The Labute approximate surface area is 180 Å². The molecule has 0 saturated carbocycles. The van der Waals surface area contributed by atoms with Gasteiger partial charge in [-0.2, -0.15) is 4.37 Å². The number of carbonyl (C=O) groups excluding carboxylic acids is 2. The maximum atomic E-state index is 12.5. The highest BCUT2D eigenvalue weighted by molar-refractivity contribution is 7.09. The van der Waals surface area contributed by atoms with E-state index in [9.17, 15) is 9.59 Å². The Morgan fingerprint density at radius 2 is 2.07 bits per heavy atom. The van der Waals surface area contributed by atoms with E-state index in [1.807, 2.05) is 45.9 Å². The second-order valence-electron chi connectivity index (χ2n) is 7.91. The fraction of sp³-hybridized carbons (Fsp3) is 0.524. The highest BCUT2D eigenvalue weighted by Crippen LogP contribution is 2.35. The van der Waals surface area contributed by atoms with Gasteiger partial charge in [-0.1, -0.05) is 19.9 Å². The van der Waals surface area contributed by atoms with Crippen LogP contribution < -0.4 is 14.8 Å². The van der Waals surface area contributed by atoms with Crippen LogP contribution in [0.5, 0.6) is 11.5 Å². The third kappa shape index (κ3) is 5.27. The summed E-state index contributed by atoms with van der Waals surface area (Å²) in [5.41, 5.74) is 0.994. The predicted octanol–water partition coefficient (Wildman–Crippen LogP) is 3.41.